The SMILES string of the molecule is COc1cccc(NC(=O)CCN2C(=O)[C@H]3Cc4cc(OC)c(OC)cc4CN3C2=O)c1. The summed E-state index contributed by atoms with van der Waals surface area (Å²) in [6.45, 7) is 0.320. The Morgan fingerprint density at radius 2 is 1.75 bits per heavy atom. The van der Waals surface area contributed by atoms with Crippen LogP contribution in [0.2, 0.25) is 0 Å². The van der Waals surface area contributed by atoms with Crippen LogP contribution >= 0.6 is 0 Å². The summed E-state index contributed by atoms with van der Waals surface area (Å²) in [5.41, 5.74) is 2.45. The van der Waals surface area contributed by atoms with Crippen molar-refractivity contribution in [2.24, 2.45) is 0 Å². The number of imide groups is 1. The Hall–Kier alpha value is -3.75. The van der Waals surface area contributed by atoms with E-state index in [9.17, 15) is 14.4 Å². The molecule has 0 spiro atoms. The molecule has 2 aromatic rings. The van der Waals surface area contributed by atoms with Gasteiger partial charge in [-0.1, -0.05) is 6.07 Å². The molecule has 1 fully saturated rings. The minimum atomic E-state index is -0.574. The van der Waals surface area contributed by atoms with Gasteiger partial charge in [0.2, 0.25) is 5.91 Å². The van der Waals surface area contributed by atoms with Gasteiger partial charge in [-0.15, -0.1) is 0 Å². The maximum atomic E-state index is 13.0. The van der Waals surface area contributed by atoms with E-state index in [2.05, 4.69) is 5.32 Å². The molecule has 9 heteroatoms. The predicted octanol–water partition coefficient (Wildman–Crippen LogP) is 2.43. The highest BCUT2D eigenvalue weighted by molar-refractivity contribution is 6.05. The maximum absolute atomic E-state index is 13.0. The van der Waals surface area contributed by atoms with E-state index in [1.165, 1.54) is 0 Å². The van der Waals surface area contributed by atoms with Crippen LogP contribution in [0.4, 0.5) is 10.5 Å². The highest BCUT2D eigenvalue weighted by Gasteiger charge is 2.47. The van der Waals surface area contributed by atoms with E-state index in [0.29, 0.717) is 35.9 Å². The Kier molecular flexibility index (Phi) is 5.89. The van der Waals surface area contributed by atoms with Crippen LogP contribution < -0.4 is 19.5 Å². The van der Waals surface area contributed by atoms with Gasteiger partial charge >= 0.3 is 6.03 Å². The Labute approximate surface area is 185 Å². The molecule has 2 aliphatic heterocycles. The highest BCUT2D eigenvalue weighted by Crippen LogP contribution is 2.37. The van der Waals surface area contributed by atoms with E-state index in [-0.39, 0.29) is 30.8 Å². The number of amides is 4. The minimum Gasteiger partial charge on any atom is -0.497 e. The zero-order chi connectivity index (χ0) is 22.8. The molecule has 2 aromatic carbocycles. The summed E-state index contributed by atoms with van der Waals surface area (Å²) in [4.78, 5) is 41.0. The first kappa shape index (κ1) is 21.5. The van der Waals surface area contributed by atoms with Crippen molar-refractivity contribution in [1.82, 2.24) is 9.80 Å². The molecule has 32 heavy (non-hydrogen) atoms. The van der Waals surface area contributed by atoms with E-state index in [4.69, 9.17) is 14.2 Å². The van der Waals surface area contributed by atoms with Crippen LogP contribution in [0.3, 0.4) is 0 Å². The average molecular weight is 439 g/mol. The van der Waals surface area contributed by atoms with E-state index in [1.54, 1.807) is 50.5 Å². The van der Waals surface area contributed by atoms with Crippen LogP contribution in [-0.2, 0) is 22.6 Å². The van der Waals surface area contributed by atoms with Crippen LogP contribution in [0.15, 0.2) is 36.4 Å². The monoisotopic (exact) mass is 439 g/mol. The first-order valence-corrected chi connectivity index (χ1v) is 10.2. The lowest BCUT2D eigenvalue weighted by atomic mass is 9.94. The first-order valence-electron chi connectivity index (χ1n) is 10.2. The van der Waals surface area contributed by atoms with Gasteiger partial charge in [0.1, 0.15) is 11.8 Å². The molecular weight excluding hydrogens is 414 g/mol. The van der Waals surface area contributed by atoms with E-state index < -0.39 is 6.04 Å². The molecule has 0 saturated carbocycles. The van der Waals surface area contributed by atoms with Crippen molar-refractivity contribution in [3.8, 4) is 17.2 Å². The number of nitrogens with one attached hydrogen (secondary N) is 1. The first-order chi connectivity index (χ1) is 15.4. The fourth-order valence-electron chi connectivity index (χ4n) is 4.11. The molecule has 4 amide bonds. The third kappa shape index (κ3) is 3.93. The number of rotatable bonds is 7. The largest absolute Gasteiger partial charge is 0.497 e. The average Bonchev–Trinajstić information content (AvgIpc) is 3.04. The molecule has 0 aliphatic carbocycles. The molecule has 2 aliphatic rings. The van der Waals surface area contributed by atoms with Gasteiger partial charge in [-0.2, -0.15) is 0 Å². The van der Waals surface area contributed by atoms with Crippen LogP contribution in [0, 0.1) is 0 Å². The van der Waals surface area contributed by atoms with Crippen LogP contribution in [-0.4, -0.2) is 61.6 Å². The molecule has 168 valence electrons. The fraction of sp³-hybridized carbons (Fsp3) is 0.348. The summed E-state index contributed by atoms with van der Waals surface area (Å²) in [6.07, 6.45) is 0.399. The topological polar surface area (TPSA) is 97.4 Å². The number of benzene rings is 2. The zero-order valence-electron chi connectivity index (χ0n) is 18.2. The van der Waals surface area contributed by atoms with Gasteiger partial charge in [0.05, 0.1) is 21.3 Å². The van der Waals surface area contributed by atoms with E-state index in [0.717, 1.165) is 16.0 Å². The van der Waals surface area contributed by atoms with Crippen molar-refractivity contribution in [2.45, 2.75) is 25.4 Å². The third-order valence-corrected chi connectivity index (χ3v) is 5.78. The summed E-state index contributed by atoms with van der Waals surface area (Å²) >= 11 is 0. The second-order valence-corrected chi connectivity index (χ2v) is 7.63. The van der Waals surface area contributed by atoms with Crippen LogP contribution in [0.5, 0.6) is 17.2 Å². The number of urea groups is 1. The van der Waals surface area contributed by atoms with E-state index in [1.807, 2.05) is 12.1 Å². The number of nitrogens with zero attached hydrogens (tertiary/aromatic N) is 2. The third-order valence-electron chi connectivity index (χ3n) is 5.78. The molecular formula is C23H25N3O6. The van der Waals surface area contributed by atoms with Gasteiger partial charge in [-0.3, -0.25) is 14.5 Å². The number of ether oxygens (including phenoxy) is 3. The van der Waals surface area contributed by atoms with Crippen LogP contribution in [0.1, 0.15) is 17.5 Å². The molecule has 0 unspecified atom stereocenters. The zero-order valence-corrected chi connectivity index (χ0v) is 18.2. The molecule has 2 heterocycles. The van der Waals surface area contributed by atoms with Crippen molar-refractivity contribution < 1.29 is 28.6 Å². The number of carbonyl (C=O) groups is 3. The Morgan fingerprint density at radius 1 is 1.03 bits per heavy atom. The summed E-state index contributed by atoms with van der Waals surface area (Å²) in [5.74, 6) is 1.21. The molecule has 0 bridgehead atoms. The van der Waals surface area contributed by atoms with Crippen molar-refractivity contribution in [2.75, 3.05) is 33.2 Å². The van der Waals surface area contributed by atoms with Gasteiger partial charge < -0.3 is 24.4 Å². The second-order valence-electron chi connectivity index (χ2n) is 7.63. The standard InChI is InChI=1S/C23H25N3O6/c1-30-17-6-4-5-16(12-17)24-21(27)7-8-25-22(28)18-9-14-10-19(31-2)20(32-3)11-15(14)13-26(18)23(25)29/h4-6,10-12,18H,7-9,13H2,1-3H3,(H,24,27)/t18-/m1/s1. The molecule has 1 atom stereocenters. The number of methoxy groups -OCH3 is 3. The van der Waals surface area contributed by atoms with E-state index >= 15 is 0 Å². The predicted molar refractivity (Wildman–Crippen MR) is 116 cm³/mol. The Bertz CT molecular complexity index is 1020. The number of hydrogen-bond donors (Lipinski definition) is 1. The van der Waals surface area contributed by atoms with Gasteiger partial charge in [-0.25, -0.2) is 4.79 Å². The summed E-state index contributed by atoms with van der Waals surface area (Å²) in [7, 11) is 4.66. The Balaban J connectivity index is 1.42. The van der Waals surface area contributed by atoms with Gasteiger partial charge in [-0.05, 0) is 35.4 Å². The van der Waals surface area contributed by atoms with Crippen molar-refractivity contribution in [3.63, 3.8) is 0 Å². The van der Waals surface area contributed by atoms with Gasteiger partial charge in [0, 0.05) is 37.7 Å². The molecule has 4 rings (SSSR count). The van der Waals surface area contributed by atoms with Crippen molar-refractivity contribution in [1.29, 1.82) is 0 Å². The quantitative estimate of drug-likeness (QED) is 0.666. The number of fused-ring (bicyclic) bond motifs is 2. The lowest BCUT2D eigenvalue weighted by Crippen LogP contribution is -2.40. The molecule has 1 N–H and O–H groups in total. The molecule has 1 saturated heterocycles. The molecule has 0 radical (unpaired) electrons. The van der Waals surface area contributed by atoms with Crippen LogP contribution in [0.25, 0.3) is 0 Å². The lowest BCUT2D eigenvalue weighted by Gasteiger charge is -2.29. The van der Waals surface area contributed by atoms with Crippen molar-refractivity contribution >= 4 is 23.5 Å². The lowest BCUT2D eigenvalue weighted by molar-refractivity contribution is -0.128. The number of carbonyl (C=O) groups excluding carboxylic acids is 3. The second kappa shape index (κ2) is 8.78. The van der Waals surface area contributed by atoms with Gasteiger partial charge in [0.25, 0.3) is 5.91 Å². The number of hydrogen-bond acceptors (Lipinski definition) is 6. The Morgan fingerprint density at radius 3 is 2.44 bits per heavy atom. The summed E-state index contributed by atoms with van der Waals surface area (Å²) < 4.78 is 15.9. The normalized spacial score (nSPS) is 17.0. The highest BCUT2D eigenvalue weighted by atomic mass is 16.5. The summed E-state index contributed by atoms with van der Waals surface area (Å²) in [5, 5.41) is 2.76. The maximum Gasteiger partial charge on any atom is 0.327 e. The van der Waals surface area contributed by atoms with Crippen molar-refractivity contribution in [3.05, 3.63) is 47.5 Å². The molecule has 9 nitrogen and oxygen atoms in total. The smallest absolute Gasteiger partial charge is 0.327 e. The fourth-order valence-corrected chi connectivity index (χ4v) is 4.11. The number of anilines is 1. The summed E-state index contributed by atoms with van der Waals surface area (Å²) in [6, 6.07) is 9.72. The van der Waals surface area contributed by atoms with Gasteiger partial charge in [0.15, 0.2) is 11.5 Å². The molecule has 0 aromatic heterocycles. The minimum absolute atomic E-state index is 0.00381.